The molecule has 0 spiro atoms. The molecule has 0 saturated heterocycles. The Hall–Kier alpha value is -1.55. The summed E-state index contributed by atoms with van der Waals surface area (Å²) in [5, 5.41) is 11.8. The highest BCUT2D eigenvalue weighted by Crippen LogP contribution is 2.19. The van der Waals surface area contributed by atoms with Crippen LogP contribution in [0.4, 0.5) is 0 Å². The topological polar surface area (TPSA) is 58.6 Å². The zero-order valence-electron chi connectivity index (χ0n) is 12.1. The number of aliphatic hydroxyl groups excluding tert-OH is 1. The van der Waals surface area contributed by atoms with Crippen LogP contribution in [-0.4, -0.2) is 29.8 Å². The Morgan fingerprint density at radius 3 is 2.68 bits per heavy atom. The van der Waals surface area contributed by atoms with Crippen LogP contribution in [0.2, 0.25) is 0 Å². The molecule has 0 atom stereocenters. The molecule has 0 unspecified atom stereocenters. The quantitative estimate of drug-likeness (QED) is 0.826. The number of rotatable bonds is 6. The Morgan fingerprint density at radius 1 is 1.37 bits per heavy atom. The number of hydrogen-bond donors (Lipinski definition) is 2. The summed E-state index contributed by atoms with van der Waals surface area (Å²) < 4.78 is 5.61. The molecule has 0 fully saturated rings. The summed E-state index contributed by atoms with van der Waals surface area (Å²) in [5.74, 6) is 0.693. The molecule has 1 aromatic carbocycles. The minimum atomic E-state index is -0.587. The first-order chi connectivity index (χ1) is 8.84. The summed E-state index contributed by atoms with van der Waals surface area (Å²) >= 11 is 0. The van der Waals surface area contributed by atoms with Gasteiger partial charge in [-0.2, -0.15) is 0 Å². The molecule has 0 aliphatic carbocycles. The second kappa shape index (κ2) is 6.57. The van der Waals surface area contributed by atoms with E-state index in [1.807, 2.05) is 32.0 Å². The van der Waals surface area contributed by atoms with E-state index in [-0.39, 0.29) is 18.9 Å². The van der Waals surface area contributed by atoms with Crippen molar-refractivity contribution in [3.63, 3.8) is 0 Å². The maximum atomic E-state index is 11.7. The number of aryl methyl sites for hydroxylation is 2. The van der Waals surface area contributed by atoms with E-state index in [9.17, 15) is 4.79 Å². The first kappa shape index (κ1) is 15.5. The Balaban J connectivity index is 2.42. The molecule has 19 heavy (non-hydrogen) atoms. The first-order valence-corrected chi connectivity index (χ1v) is 6.46. The lowest BCUT2D eigenvalue weighted by atomic mass is 10.1. The minimum Gasteiger partial charge on any atom is -0.493 e. The molecule has 1 aromatic rings. The van der Waals surface area contributed by atoms with Crippen LogP contribution in [0.1, 0.15) is 31.4 Å². The number of carbonyl (C=O) groups is 1. The SMILES string of the molecule is Cc1ccc(C)c(OCCC(=O)NC(C)(C)CO)c1. The third-order valence-electron chi connectivity index (χ3n) is 2.80. The Morgan fingerprint density at radius 2 is 2.05 bits per heavy atom. The molecule has 106 valence electrons. The smallest absolute Gasteiger partial charge is 0.223 e. The summed E-state index contributed by atoms with van der Waals surface area (Å²) in [6.45, 7) is 7.77. The van der Waals surface area contributed by atoms with Crippen molar-refractivity contribution < 1.29 is 14.6 Å². The van der Waals surface area contributed by atoms with Gasteiger partial charge in [-0.3, -0.25) is 4.79 Å². The van der Waals surface area contributed by atoms with Crippen LogP contribution >= 0.6 is 0 Å². The number of ether oxygens (including phenoxy) is 1. The first-order valence-electron chi connectivity index (χ1n) is 6.46. The van der Waals surface area contributed by atoms with Crippen molar-refractivity contribution in [2.75, 3.05) is 13.2 Å². The fraction of sp³-hybridized carbons (Fsp3) is 0.533. The number of hydrogen-bond acceptors (Lipinski definition) is 3. The molecule has 0 saturated carbocycles. The zero-order chi connectivity index (χ0) is 14.5. The van der Waals surface area contributed by atoms with Crippen molar-refractivity contribution in [2.45, 2.75) is 39.7 Å². The normalized spacial score (nSPS) is 11.2. The van der Waals surface area contributed by atoms with Gasteiger partial charge in [-0.25, -0.2) is 0 Å². The second-order valence-electron chi connectivity index (χ2n) is 5.46. The number of benzene rings is 1. The summed E-state index contributed by atoms with van der Waals surface area (Å²) in [5.41, 5.74) is 1.60. The van der Waals surface area contributed by atoms with Gasteiger partial charge < -0.3 is 15.2 Å². The fourth-order valence-electron chi connectivity index (χ4n) is 1.60. The van der Waals surface area contributed by atoms with Gasteiger partial charge in [0.1, 0.15) is 5.75 Å². The highest BCUT2D eigenvalue weighted by molar-refractivity contribution is 5.76. The van der Waals surface area contributed by atoms with Crippen LogP contribution in [0.15, 0.2) is 18.2 Å². The van der Waals surface area contributed by atoms with Crippen LogP contribution in [0.3, 0.4) is 0 Å². The summed E-state index contributed by atoms with van der Waals surface area (Å²) in [6, 6.07) is 5.99. The summed E-state index contributed by atoms with van der Waals surface area (Å²) in [4.78, 5) is 11.7. The van der Waals surface area contributed by atoms with E-state index in [2.05, 4.69) is 5.32 Å². The lowest BCUT2D eigenvalue weighted by Gasteiger charge is -2.23. The summed E-state index contributed by atoms with van der Waals surface area (Å²) in [7, 11) is 0. The monoisotopic (exact) mass is 265 g/mol. The van der Waals surface area contributed by atoms with E-state index in [4.69, 9.17) is 9.84 Å². The highest BCUT2D eigenvalue weighted by atomic mass is 16.5. The van der Waals surface area contributed by atoms with Gasteiger partial charge in [-0.05, 0) is 44.9 Å². The van der Waals surface area contributed by atoms with Gasteiger partial charge in [0.05, 0.1) is 25.2 Å². The molecule has 0 bridgehead atoms. The van der Waals surface area contributed by atoms with Gasteiger partial charge in [0.25, 0.3) is 0 Å². The molecule has 4 nitrogen and oxygen atoms in total. The molecule has 0 aliphatic heterocycles. The molecule has 4 heteroatoms. The van der Waals surface area contributed by atoms with Crippen molar-refractivity contribution in [1.29, 1.82) is 0 Å². The molecular formula is C15H23NO3. The van der Waals surface area contributed by atoms with Crippen molar-refractivity contribution in [2.24, 2.45) is 0 Å². The van der Waals surface area contributed by atoms with E-state index in [0.717, 1.165) is 16.9 Å². The van der Waals surface area contributed by atoms with Crippen molar-refractivity contribution >= 4 is 5.91 Å². The largest absolute Gasteiger partial charge is 0.493 e. The van der Waals surface area contributed by atoms with Crippen LogP contribution in [0, 0.1) is 13.8 Å². The van der Waals surface area contributed by atoms with Crippen molar-refractivity contribution in [3.05, 3.63) is 29.3 Å². The number of amides is 1. The van der Waals surface area contributed by atoms with E-state index in [1.54, 1.807) is 13.8 Å². The van der Waals surface area contributed by atoms with E-state index in [1.165, 1.54) is 0 Å². The maximum Gasteiger partial charge on any atom is 0.223 e. The lowest BCUT2D eigenvalue weighted by Crippen LogP contribution is -2.46. The lowest BCUT2D eigenvalue weighted by molar-refractivity contribution is -0.123. The van der Waals surface area contributed by atoms with Gasteiger partial charge in [0.15, 0.2) is 0 Å². The predicted octanol–water partition coefficient (Wildman–Crippen LogP) is 1.96. The molecule has 1 rings (SSSR count). The molecule has 0 aliphatic rings. The van der Waals surface area contributed by atoms with Crippen LogP contribution in [-0.2, 0) is 4.79 Å². The average Bonchev–Trinajstić information content (AvgIpc) is 2.33. The van der Waals surface area contributed by atoms with Gasteiger partial charge in [-0.15, -0.1) is 0 Å². The van der Waals surface area contributed by atoms with E-state index in [0.29, 0.717) is 6.61 Å². The highest BCUT2D eigenvalue weighted by Gasteiger charge is 2.18. The minimum absolute atomic E-state index is 0.0867. The number of carbonyl (C=O) groups excluding carboxylic acids is 1. The van der Waals surface area contributed by atoms with Gasteiger partial charge in [-0.1, -0.05) is 12.1 Å². The number of aliphatic hydroxyl groups is 1. The fourth-order valence-corrected chi connectivity index (χ4v) is 1.60. The second-order valence-corrected chi connectivity index (χ2v) is 5.46. The molecule has 2 N–H and O–H groups in total. The third kappa shape index (κ3) is 5.30. The van der Waals surface area contributed by atoms with Gasteiger partial charge in [0, 0.05) is 0 Å². The van der Waals surface area contributed by atoms with Crippen LogP contribution in [0.5, 0.6) is 5.75 Å². The van der Waals surface area contributed by atoms with Crippen LogP contribution < -0.4 is 10.1 Å². The molecule has 0 radical (unpaired) electrons. The standard InChI is InChI=1S/C15H23NO3/c1-11-5-6-12(2)13(9-11)19-8-7-14(18)16-15(3,4)10-17/h5-6,9,17H,7-8,10H2,1-4H3,(H,16,18). The Labute approximate surface area is 114 Å². The van der Waals surface area contributed by atoms with E-state index >= 15 is 0 Å². The zero-order valence-corrected chi connectivity index (χ0v) is 12.1. The predicted molar refractivity (Wildman–Crippen MR) is 75.3 cm³/mol. The van der Waals surface area contributed by atoms with Gasteiger partial charge >= 0.3 is 0 Å². The molecular weight excluding hydrogens is 242 g/mol. The Bertz CT molecular complexity index is 441. The van der Waals surface area contributed by atoms with Crippen molar-refractivity contribution in [3.8, 4) is 5.75 Å². The third-order valence-corrected chi connectivity index (χ3v) is 2.80. The van der Waals surface area contributed by atoms with Crippen molar-refractivity contribution in [1.82, 2.24) is 5.32 Å². The van der Waals surface area contributed by atoms with Crippen LogP contribution in [0.25, 0.3) is 0 Å². The van der Waals surface area contributed by atoms with E-state index < -0.39 is 5.54 Å². The number of nitrogens with one attached hydrogen (secondary N) is 1. The average molecular weight is 265 g/mol. The maximum absolute atomic E-state index is 11.7. The summed E-state index contributed by atoms with van der Waals surface area (Å²) in [6.07, 6.45) is 0.275. The van der Waals surface area contributed by atoms with Gasteiger partial charge in [0.2, 0.25) is 5.91 Å². The molecule has 0 aromatic heterocycles. The molecule has 1 amide bonds. The Kier molecular flexibility index (Phi) is 5.36. The molecule has 0 heterocycles.